The minimum atomic E-state index is -0.329. The van der Waals surface area contributed by atoms with Crippen LogP contribution in [0, 0.1) is 0 Å². The standard InChI is InChI=1S/C41H84O3/c1-5-7-9-11-13-15-17-19-21-23-25-27-29-31-33-35-37-43-39-41(3,42-4)40-44-38-36-34-32-30-28-26-24-22-20-18-16-14-12-10-8-6-2/h5-40H2,1-4H3. The molecule has 0 aliphatic heterocycles. The van der Waals surface area contributed by atoms with E-state index in [-0.39, 0.29) is 5.60 Å². The third-order valence-electron chi connectivity index (χ3n) is 9.59. The summed E-state index contributed by atoms with van der Waals surface area (Å²) in [4.78, 5) is 0. The summed E-state index contributed by atoms with van der Waals surface area (Å²) in [5.74, 6) is 0. The summed E-state index contributed by atoms with van der Waals surface area (Å²) in [5.41, 5.74) is -0.329. The lowest BCUT2D eigenvalue weighted by Crippen LogP contribution is -2.38. The Morgan fingerprint density at radius 3 is 0.727 bits per heavy atom. The van der Waals surface area contributed by atoms with E-state index in [4.69, 9.17) is 14.2 Å². The summed E-state index contributed by atoms with van der Waals surface area (Å²) >= 11 is 0. The Kier molecular flexibility index (Phi) is 37.2. The maximum atomic E-state index is 5.99. The predicted molar refractivity (Wildman–Crippen MR) is 196 cm³/mol. The van der Waals surface area contributed by atoms with Gasteiger partial charge in [0.1, 0.15) is 5.60 Å². The Hall–Kier alpha value is -0.120. The molecule has 0 spiro atoms. The summed E-state index contributed by atoms with van der Waals surface area (Å²) < 4.78 is 17.7. The molecular formula is C41H84O3. The van der Waals surface area contributed by atoms with Crippen LogP contribution in [0.1, 0.15) is 226 Å². The molecule has 0 saturated carbocycles. The maximum absolute atomic E-state index is 5.99. The van der Waals surface area contributed by atoms with Crippen LogP contribution in [0.5, 0.6) is 0 Å². The third-order valence-corrected chi connectivity index (χ3v) is 9.59. The number of hydrogen-bond donors (Lipinski definition) is 0. The van der Waals surface area contributed by atoms with Crippen LogP contribution in [0.15, 0.2) is 0 Å². The van der Waals surface area contributed by atoms with Crippen LogP contribution in [0.3, 0.4) is 0 Å². The molecule has 44 heavy (non-hydrogen) atoms. The van der Waals surface area contributed by atoms with Crippen molar-refractivity contribution in [3.05, 3.63) is 0 Å². The topological polar surface area (TPSA) is 27.7 Å². The molecule has 0 aliphatic carbocycles. The molecule has 0 N–H and O–H groups in total. The molecule has 3 nitrogen and oxygen atoms in total. The summed E-state index contributed by atoms with van der Waals surface area (Å²) in [6, 6.07) is 0. The second kappa shape index (κ2) is 37.3. The van der Waals surface area contributed by atoms with Gasteiger partial charge in [-0.1, -0.05) is 206 Å². The third kappa shape index (κ3) is 34.7. The molecule has 0 heterocycles. The molecule has 0 aromatic heterocycles. The summed E-state index contributed by atoms with van der Waals surface area (Å²) in [6.45, 7) is 9.66. The maximum Gasteiger partial charge on any atom is 0.111 e. The fraction of sp³-hybridized carbons (Fsp3) is 1.00. The van der Waals surface area contributed by atoms with E-state index in [1.807, 2.05) is 0 Å². The first-order chi connectivity index (χ1) is 21.7. The van der Waals surface area contributed by atoms with Gasteiger partial charge in [0.15, 0.2) is 0 Å². The van der Waals surface area contributed by atoms with Crippen molar-refractivity contribution in [1.29, 1.82) is 0 Å². The van der Waals surface area contributed by atoms with Crippen molar-refractivity contribution in [1.82, 2.24) is 0 Å². The van der Waals surface area contributed by atoms with Gasteiger partial charge in [-0.15, -0.1) is 0 Å². The second-order valence-electron chi connectivity index (χ2n) is 14.4. The summed E-state index contributed by atoms with van der Waals surface area (Å²) in [7, 11) is 1.79. The number of rotatable bonds is 39. The molecule has 0 atom stereocenters. The Morgan fingerprint density at radius 1 is 0.318 bits per heavy atom. The molecule has 0 radical (unpaired) electrons. The van der Waals surface area contributed by atoms with Gasteiger partial charge in [-0.3, -0.25) is 0 Å². The van der Waals surface area contributed by atoms with Crippen molar-refractivity contribution in [3.63, 3.8) is 0 Å². The molecule has 0 amide bonds. The molecule has 0 aliphatic rings. The quantitative estimate of drug-likeness (QED) is 0.0637. The lowest BCUT2D eigenvalue weighted by Gasteiger charge is -2.27. The number of ether oxygens (including phenoxy) is 3. The van der Waals surface area contributed by atoms with Gasteiger partial charge in [0.2, 0.25) is 0 Å². The molecule has 0 bridgehead atoms. The van der Waals surface area contributed by atoms with Gasteiger partial charge in [-0.25, -0.2) is 0 Å². The predicted octanol–water partition coefficient (Wildman–Crippen LogP) is 13.9. The van der Waals surface area contributed by atoms with E-state index in [0.29, 0.717) is 13.2 Å². The second-order valence-corrected chi connectivity index (χ2v) is 14.4. The van der Waals surface area contributed by atoms with Gasteiger partial charge in [-0.05, 0) is 19.8 Å². The molecule has 0 rings (SSSR count). The van der Waals surface area contributed by atoms with Crippen LogP contribution in [-0.4, -0.2) is 39.1 Å². The van der Waals surface area contributed by atoms with Crippen LogP contribution in [0.25, 0.3) is 0 Å². The van der Waals surface area contributed by atoms with Crippen LogP contribution in [-0.2, 0) is 14.2 Å². The highest BCUT2D eigenvalue weighted by Crippen LogP contribution is 2.16. The first-order valence-electron chi connectivity index (χ1n) is 20.4. The zero-order valence-corrected chi connectivity index (χ0v) is 31.2. The Bertz CT molecular complexity index is 468. The van der Waals surface area contributed by atoms with Crippen LogP contribution < -0.4 is 0 Å². The Labute approximate surface area is 279 Å². The smallest absolute Gasteiger partial charge is 0.111 e. The zero-order valence-electron chi connectivity index (χ0n) is 31.2. The normalized spacial score (nSPS) is 12.0. The van der Waals surface area contributed by atoms with E-state index in [9.17, 15) is 0 Å². The van der Waals surface area contributed by atoms with Crippen molar-refractivity contribution in [2.45, 2.75) is 232 Å². The van der Waals surface area contributed by atoms with Crippen molar-refractivity contribution >= 4 is 0 Å². The molecular weight excluding hydrogens is 540 g/mol. The lowest BCUT2D eigenvalue weighted by molar-refractivity contribution is -0.107. The van der Waals surface area contributed by atoms with Gasteiger partial charge in [-0.2, -0.15) is 0 Å². The highest BCUT2D eigenvalue weighted by Gasteiger charge is 2.24. The molecule has 0 aromatic rings. The largest absolute Gasteiger partial charge is 0.378 e. The molecule has 0 saturated heterocycles. The molecule has 266 valence electrons. The van der Waals surface area contributed by atoms with Crippen LogP contribution >= 0.6 is 0 Å². The Morgan fingerprint density at radius 2 is 0.523 bits per heavy atom. The minimum Gasteiger partial charge on any atom is -0.378 e. The molecule has 0 fully saturated rings. The van der Waals surface area contributed by atoms with E-state index >= 15 is 0 Å². The highest BCUT2D eigenvalue weighted by molar-refractivity contribution is 4.73. The zero-order chi connectivity index (χ0) is 32.1. The summed E-state index contributed by atoms with van der Waals surface area (Å²) in [6.07, 6.45) is 44.9. The lowest BCUT2D eigenvalue weighted by atomic mass is 10.0. The number of methoxy groups -OCH3 is 1. The molecule has 3 heteroatoms. The van der Waals surface area contributed by atoms with Crippen molar-refractivity contribution in [3.8, 4) is 0 Å². The molecule has 0 unspecified atom stereocenters. The van der Waals surface area contributed by atoms with E-state index < -0.39 is 0 Å². The minimum absolute atomic E-state index is 0.329. The Balaban J connectivity index is 3.36. The van der Waals surface area contributed by atoms with Gasteiger partial charge in [0.25, 0.3) is 0 Å². The van der Waals surface area contributed by atoms with Crippen molar-refractivity contribution in [2.75, 3.05) is 33.5 Å². The van der Waals surface area contributed by atoms with Crippen LogP contribution in [0.4, 0.5) is 0 Å². The average Bonchev–Trinajstić information content (AvgIpc) is 3.03. The average molecular weight is 625 g/mol. The van der Waals surface area contributed by atoms with Crippen molar-refractivity contribution < 1.29 is 14.2 Å². The fourth-order valence-electron chi connectivity index (χ4n) is 6.24. The SMILES string of the molecule is CCCCCCCCCCCCCCCCCCOCC(C)(COCCCCCCCCCCCCCCCCCC)OC. The summed E-state index contributed by atoms with van der Waals surface area (Å²) in [5, 5.41) is 0. The van der Waals surface area contributed by atoms with E-state index in [1.54, 1.807) is 7.11 Å². The van der Waals surface area contributed by atoms with Crippen LogP contribution in [0.2, 0.25) is 0 Å². The van der Waals surface area contributed by atoms with Gasteiger partial charge < -0.3 is 14.2 Å². The number of unbranched alkanes of at least 4 members (excludes halogenated alkanes) is 30. The fourth-order valence-corrected chi connectivity index (χ4v) is 6.24. The van der Waals surface area contributed by atoms with Crippen molar-refractivity contribution in [2.24, 2.45) is 0 Å². The highest BCUT2D eigenvalue weighted by atomic mass is 16.6. The first kappa shape index (κ1) is 43.9. The number of hydrogen-bond acceptors (Lipinski definition) is 3. The van der Waals surface area contributed by atoms with Gasteiger partial charge in [0.05, 0.1) is 13.2 Å². The monoisotopic (exact) mass is 625 g/mol. The van der Waals surface area contributed by atoms with Gasteiger partial charge >= 0.3 is 0 Å². The van der Waals surface area contributed by atoms with Gasteiger partial charge in [0, 0.05) is 20.3 Å². The molecule has 0 aromatic carbocycles. The van der Waals surface area contributed by atoms with E-state index in [2.05, 4.69) is 20.8 Å². The van der Waals surface area contributed by atoms with E-state index in [0.717, 1.165) is 26.1 Å². The van der Waals surface area contributed by atoms with E-state index in [1.165, 1.54) is 193 Å². The first-order valence-corrected chi connectivity index (χ1v) is 20.4.